The number of carboxylic acids is 1. The molecule has 0 aromatic heterocycles. The maximum atomic E-state index is 11.7. The number of rotatable bonds is 5. The fourth-order valence-corrected chi connectivity index (χ4v) is 1.76. The van der Waals surface area contributed by atoms with Crippen molar-refractivity contribution in [2.24, 2.45) is 11.8 Å². The summed E-state index contributed by atoms with van der Waals surface area (Å²) in [6.07, 6.45) is 2.04. The van der Waals surface area contributed by atoms with Crippen molar-refractivity contribution in [1.29, 1.82) is 0 Å². The molecule has 0 aliphatic carbocycles. The number of nitrogens with zero attached hydrogens (tertiary/aromatic N) is 1. The Morgan fingerprint density at radius 2 is 1.88 bits per heavy atom. The molecular weight excluding hydrogens is 220 g/mol. The number of nitrogens with one attached hydrogen (secondary N) is 1. The molecule has 1 aliphatic rings. The van der Waals surface area contributed by atoms with Crippen LogP contribution < -0.4 is 5.32 Å². The minimum atomic E-state index is -0.818. The SMILES string of the molecule is CC(C)CCC(C)NC(=O)N1CC(C(=O)O)C1. The highest BCUT2D eigenvalue weighted by Gasteiger charge is 2.35. The third kappa shape index (κ3) is 4.24. The lowest BCUT2D eigenvalue weighted by Gasteiger charge is -2.37. The Morgan fingerprint density at radius 3 is 2.35 bits per heavy atom. The molecule has 1 fully saturated rings. The number of aliphatic carboxylic acids is 1. The molecule has 17 heavy (non-hydrogen) atoms. The van der Waals surface area contributed by atoms with E-state index in [1.807, 2.05) is 6.92 Å². The zero-order valence-electron chi connectivity index (χ0n) is 10.8. The fourth-order valence-electron chi connectivity index (χ4n) is 1.76. The van der Waals surface area contributed by atoms with Crippen molar-refractivity contribution in [1.82, 2.24) is 10.2 Å². The van der Waals surface area contributed by atoms with E-state index in [4.69, 9.17) is 5.11 Å². The summed E-state index contributed by atoms with van der Waals surface area (Å²) in [4.78, 5) is 23.8. The van der Waals surface area contributed by atoms with Gasteiger partial charge in [0.2, 0.25) is 0 Å². The molecule has 1 atom stereocenters. The van der Waals surface area contributed by atoms with E-state index in [2.05, 4.69) is 19.2 Å². The van der Waals surface area contributed by atoms with Gasteiger partial charge in [0, 0.05) is 19.1 Å². The Hall–Kier alpha value is -1.26. The summed E-state index contributed by atoms with van der Waals surface area (Å²) < 4.78 is 0. The summed E-state index contributed by atoms with van der Waals surface area (Å²) in [6, 6.07) is 0.00698. The Balaban J connectivity index is 2.20. The lowest BCUT2D eigenvalue weighted by atomic mass is 10.0. The topological polar surface area (TPSA) is 69.6 Å². The van der Waals surface area contributed by atoms with Gasteiger partial charge in [0.1, 0.15) is 0 Å². The minimum absolute atomic E-state index is 0.140. The predicted octanol–water partition coefficient (Wildman–Crippen LogP) is 1.54. The van der Waals surface area contributed by atoms with Gasteiger partial charge < -0.3 is 15.3 Å². The van der Waals surface area contributed by atoms with Gasteiger partial charge in [-0.25, -0.2) is 4.79 Å². The maximum absolute atomic E-state index is 11.7. The van der Waals surface area contributed by atoms with Gasteiger partial charge in [0.25, 0.3) is 0 Å². The molecule has 0 bridgehead atoms. The van der Waals surface area contributed by atoms with Crippen molar-refractivity contribution in [3.63, 3.8) is 0 Å². The number of carbonyl (C=O) groups excluding carboxylic acids is 1. The van der Waals surface area contributed by atoms with Crippen molar-refractivity contribution < 1.29 is 14.7 Å². The number of carbonyl (C=O) groups is 2. The van der Waals surface area contributed by atoms with Crippen LogP contribution in [0, 0.1) is 11.8 Å². The average Bonchev–Trinajstić information content (AvgIpc) is 2.11. The number of likely N-dealkylation sites (tertiary alicyclic amines) is 1. The van der Waals surface area contributed by atoms with Crippen molar-refractivity contribution in [3.05, 3.63) is 0 Å². The highest BCUT2D eigenvalue weighted by molar-refractivity contribution is 5.79. The first-order chi connectivity index (χ1) is 7.90. The Morgan fingerprint density at radius 1 is 1.29 bits per heavy atom. The molecule has 1 unspecified atom stereocenters. The highest BCUT2D eigenvalue weighted by atomic mass is 16.4. The molecule has 0 radical (unpaired) electrons. The lowest BCUT2D eigenvalue weighted by molar-refractivity contribution is -0.146. The van der Waals surface area contributed by atoms with Crippen LogP contribution in [0.15, 0.2) is 0 Å². The van der Waals surface area contributed by atoms with Crippen LogP contribution in [-0.2, 0) is 4.79 Å². The molecule has 1 rings (SSSR count). The van der Waals surface area contributed by atoms with E-state index in [0.717, 1.165) is 12.8 Å². The lowest BCUT2D eigenvalue weighted by Crippen LogP contribution is -2.57. The first-order valence-electron chi connectivity index (χ1n) is 6.18. The molecule has 2 amide bonds. The maximum Gasteiger partial charge on any atom is 0.317 e. The zero-order valence-corrected chi connectivity index (χ0v) is 10.8. The van der Waals surface area contributed by atoms with Crippen molar-refractivity contribution in [2.45, 2.75) is 39.7 Å². The van der Waals surface area contributed by atoms with Crippen LogP contribution in [0.4, 0.5) is 4.79 Å². The molecule has 0 saturated carbocycles. The minimum Gasteiger partial charge on any atom is -0.481 e. The fraction of sp³-hybridized carbons (Fsp3) is 0.833. The average molecular weight is 242 g/mol. The van der Waals surface area contributed by atoms with Crippen LogP contribution in [0.2, 0.25) is 0 Å². The number of hydrogen-bond donors (Lipinski definition) is 2. The van der Waals surface area contributed by atoms with E-state index in [0.29, 0.717) is 19.0 Å². The largest absolute Gasteiger partial charge is 0.481 e. The molecule has 0 spiro atoms. The Kier molecular flexibility index (Phi) is 4.78. The van der Waals surface area contributed by atoms with Crippen molar-refractivity contribution >= 4 is 12.0 Å². The number of urea groups is 1. The van der Waals surface area contributed by atoms with E-state index in [-0.39, 0.29) is 18.0 Å². The van der Waals surface area contributed by atoms with E-state index in [9.17, 15) is 9.59 Å². The molecule has 0 aromatic rings. The van der Waals surface area contributed by atoms with Gasteiger partial charge in [-0.2, -0.15) is 0 Å². The summed E-state index contributed by atoms with van der Waals surface area (Å²) >= 11 is 0. The second-order valence-electron chi connectivity index (χ2n) is 5.26. The zero-order chi connectivity index (χ0) is 13.0. The molecule has 0 aromatic carbocycles. The second kappa shape index (κ2) is 5.89. The molecule has 5 heteroatoms. The Labute approximate surface area is 102 Å². The standard InChI is InChI=1S/C12H22N2O3/c1-8(2)4-5-9(3)13-12(17)14-6-10(7-14)11(15)16/h8-10H,4-7H2,1-3H3,(H,13,17)(H,15,16). The molecule has 1 saturated heterocycles. The first kappa shape index (κ1) is 13.8. The summed E-state index contributed by atoms with van der Waals surface area (Å²) in [6.45, 7) is 6.95. The van der Waals surface area contributed by atoms with Gasteiger partial charge in [-0.15, -0.1) is 0 Å². The van der Waals surface area contributed by atoms with E-state index >= 15 is 0 Å². The van der Waals surface area contributed by atoms with Gasteiger partial charge in [-0.3, -0.25) is 4.79 Å². The summed E-state index contributed by atoms with van der Waals surface area (Å²) in [7, 11) is 0. The molecule has 2 N–H and O–H groups in total. The van der Waals surface area contributed by atoms with Crippen LogP contribution >= 0.6 is 0 Å². The van der Waals surface area contributed by atoms with E-state index < -0.39 is 5.97 Å². The van der Waals surface area contributed by atoms with Gasteiger partial charge in [-0.05, 0) is 25.7 Å². The van der Waals surface area contributed by atoms with E-state index in [1.54, 1.807) is 4.90 Å². The molecule has 1 heterocycles. The van der Waals surface area contributed by atoms with Crippen LogP contribution in [0.25, 0.3) is 0 Å². The molecule has 1 aliphatic heterocycles. The van der Waals surface area contributed by atoms with Gasteiger partial charge in [-0.1, -0.05) is 13.8 Å². The van der Waals surface area contributed by atoms with Crippen LogP contribution in [0.5, 0.6) is 0 Å². The molecular formula is C12H22N2O3. The second-order valence-corrected chi connectivity index (χ2v) is 5.26. The third-order valence-corrected chi connectivity index (χ3v) is 3.06. The van der Waals surface area contributed by atoms with Crippen LogP contribution in [0.3, 0.4) is 0 Å². The number of carboxylic acid groups (broad SMARTS) is 1. The quantitative estimate of drug-likeness (QED) is 0.768. The molecule has 98 valence electrons. The molecule has 5 nitrogen and oxygen atoms in total. The van der Waals surface area contributed by atoms with Crippen molar-refractivity contribution in [3.8, 4) is 0 Å². The summed E-state index contributed by atoms with van der Waals surface area (Å²) in [5.74, 6) is -0.566. The Bertz CT molecular complexity index is 285. The van der Waals surface area contributed by atoms with Crippen LogP contribution in [0.1, 0.15) is 33.6 Å². The summed E-state index contributed by atoms with van der Waals surface area (Å²) in [5, 5.41) is 11.6. The summed E-state index contributed by atoms with van der Waals surface area (Å²) in [5.41, 5.74) is 0. The van der Waals surface area contributed by atoms with E-state index in [1.165, 1.54) is 0 Å². The normalized spacial score (nSPS) is 17.8. The number of hydrogen-bond acceptors (Lipinski definition) is 2. The van der Waals surface area contributed by atoms with Crippen molar-refractivity contribution in [2.75, 3.05) is 13.1 Å². The van der Waals surface area contributed by atoms with Gasteiger partial charge >= 0.3 is 12.0 Å². The number of amides is 2. The third-order valence-electron chi connectivity index (χ3n) is 3.06. The first-order valence-corrected chi connectivity index (χ1v) is 6.18. The highest BCUT2D eigenvalue weighted by Crippen LogP contribution is 2.16. The monoisotopic (exact) mass is 242 g/mol. The predicted molar refractivity (Wildman–Crippen MR) is 64.8 cm³/mol. The van der Waals surface area contributed by atoms with Crippen LogP contribution in [-0.4, -0.2) is 41.1 Å². The van der Waals surface area contributed by atoms with Gasteiger partial charge in [0.05, 0.1) is 5.92 Å². The van der Waals surface area contributed by atoms with Gasteiger partial charge in [0.15, 0.2) is 0 Å². The smallest absolute Gasteiger partial charge is 0.317 e.